The quantitative estimate of drug-likeness (QED) is 0.189. The van der Waals surface area contributed by atoms with E-state index in [1.54, 1.807) is 0 Å². The first-order valence-corrected chi connectivity index (χ1v) is 13.8. The molecule has 0 unspecified atom stereocenters. The first-order valence-electron chi connectivity index (χ1n) is 13.8. The predicted molar refractivity (Wildman–Crippen MR) is 182 cm³/mol. The lowest BCUT2D eigenvalue weighted by molar-refractivity contribution is 1.47. The smallest absolute Gasteiger partial charge is 0.0106 e. The molecule has 6 rings (SSSR count). The minimum Gasteiger partial charge on any atom is -0.0911 e. The van der Waals surface area contributed by atoms with Crippen molar-refractivity contribution >= 4 is 38.3 Å². The van der Waals surface area contributed by atoms with E-state index < -0.39 is 0 Å². The highest BCUT2D eigenvalue weighted by Gasteiger charge is 2.09. The lowest BCUT2D eigenvalue weighted by atomic mass is 9.92. The number of fused-ring (bicyclic) bond motifs is 2. The highest BCUT2D eigenvalue weighted by atomic mass is 14.1. The van der Waals surface area contributed by atoms with E-state index in [4.69, 9.17) is 0 Å². The Morgan fingerprint density at radius 2 is 1.02 bits per heavy atom. The summed E-state index contributed by atoms with van der Waals surface area (Å²) < 4.78 is 0. The van der Waals surface area contributed by atoms with Crippen molar-refractivity contribution in [3.8, 4) is 11.1 Å². The molecule has 0 radical (unpaired) electrons. The standard InChI is InChI=1S/C40H32.CH4/c1-28-18-20-31(21-19-28)32-22-24-33(25-23-32)36(26-29(2)37-16-8-12-34-10-4-6-14-39(34)37)27-30(3)38-17-9-13-35-11-5-7-15-40(35)38;/h4-27H,2H2,1,3H3;1H4/b30-27+,36-26+;. The third kappa shape index (κ3) is 5.83. The van der Waals surface area contributed by atoms with Crippen molar-refractivity contribution in [1.82, 2.24) is 0 Å². The number of allylic oxidation sites excluding steroid dienone is 5. The van der Waals surface area contributed by atoms with E-state index in [9.17, 15) is 0 Å². The molecule has 0 saturated heterocycles. The Hall–Kier alpha value is -4.94. The first-order chi connectivity index (χ1) is 19.6. The third-order valence-corrected chi connectivity index (χ3v) is 7.65. The van der Waals surface area contributed by atoms with Crippen molar-refractivity contribution in [2.45, 2.75) is 21.3 Å². The largest absolute Gasteiger partial charge is 0.0911 e. The molecule has 0 spiro atoms. The number of hydrogen-bond donors (Lipinski definition) is 0. The van der Waals surface area contributed by atoms with Crippen molar-refractivity contribution in [3.05, 3.63) is 174 Å². The lowest BCUT2D eigenvalue weighted by Crippen LogP contribution is -1.89. The van der Waals surface area contributed by atoms with E-state index in [-0.39, 0.29) is 7.43 Å². The number of benzene rings is 6. The molecule has 0 heterocycles. The average molecular weight is 529 g/mol. The zero-order valence-electron chi connectivity index (χ0n) is 23.1. The molecule has 0 fully saturated rings. The van der Waals surface area contributed by atoms with Crippen LogP contribution in [0, 0.1) is 6.92 Å². The summed E-state index contributed by atoms with van der Waals surface area (Å²) in [6.45, 7) is 8.87. The van der Waals surface area contributed by atoms with Gasteiger partial charge in [0.05, 0.1) is 0 Å². The molecule has 0 heteroatoms. The maximum Gasteiger partial charge on any atom is -0.0106 e. The maximum atomic E-state index is 4.54. The average Bonchev–Trinajstić information content (AvgIpc) is 3.00. The molecule has 200 valence electrons. The van der Waals surface area contributed by atoms with E-state index in [0.717, 1.165) is 22.3 Å². The van der Waals surface area contributed by atoms with Crippen molar-refractivity contribution in [2.75, 3.05) is 0 Å². The van der Waals surface area contributed by atoms with Gasteiger partial charge < -0.3 is 0 Å². The van der Waals surface area contributed by atoms with Crippen molar-refractivity contribution < 1.29 is 0 Å². The van der Waals surface area contributed by atoms with Crippen LogP contribution in [0.2, 0.25) is 0 Å². The molecule has 0 aliphatic carbocycles. The SMILES string of the molecule is C.C=C(/C=C(\C=C(/C)c1cccc2ccccc12)c1ccc(-c2ccc(C)cc2)cc1)c1cccc2ccccc12. The van der Waals surface area contributed by atoms with Gasteiger partial charge in [0.2, 0.25) is 0 Å². The Bertz CT molecular complexity index is 1880. The number of aryl methyl sites for hydroxylation is 1. The Balaban J connectivity index is 0.00000337. The summed E-state index contributed by atoms with van der Waals surface area (Å²) in [6.07, 6.45) is 4.54. The van der Waals surface area contributed by atoms with Crippen molar-refractivity contribution in [2.24, 2.45) is 0 Å². The van der Waals surface area contributed by atoms with Crippen LogP contribution in [0.25, 0.3) is 49.4 Å². The van der Waals surface area contributed by atoms with Crippen LogP contribution < -0.4 is 0 Å². The predicted octanol–water partition coefficient (Wildman–Crippen LogP) is 11.8. The Labute approximate surface area is 244 Å². The zero-order valence-corrected chi connectivity index (χ0v) is 23.1. The Morgan fingerprint density at radius 3 is 1.63 bits per heavy atom. The van der Waals surface area contributed by atoms with Crippen molar-refractivity contribution in [3.63, 3.8) is 0 Å². The van der Waals surface area contributed by atoms with E-state index in [1.165, 1.54) is 49.4 Å². The van der Waals surface area contributed by atoms with Gasteiger partial charge in [-0.05, 0) is 86.0 Å². The fourth-order valence-electron chi connectivity index (χ4n) is 5.46. The molecule has 6 aromatic carbocycles. The number of hydrogen-bond acceptors (Lipinski definition) is 0. The molecule has 0 saturated carbocycles. The van der Waals surface area contributed by atoms with E-state index in [0.29, 0.717) is 0 Å². The molecule has 0 atom stereocenters. The molecule has 6 aromatic rings. The van der Waals surface area contributed by atoms with E-state index >= 15 is 0 Å². The molecule has 0 aliphatic heterocycles. The monoisotopic (exact) mass is 528 g/mol. The van der Waals surface area contributed by atoms with Crippen LogP contribution in [0.5, 0.6) is 0 Å². The second kappa shape index (κ2) is 12.1. The Kier molecular flexibility index (Phi) is 8.13. The summed E-state index contributed by atoms with van der Waals surface area (Å²) in [5.41, 5.74) is 10.6. The van der Waals surface area contributed by atoms with Crippen LogP contribution in [0.1, 0.15) is 36.6 Å². The van der Waals surface area contributed by atoms with Gasteiger partial charge >= 0.3 is 0 Å². The summed E-state index contributed by atoms with van der Waals surface area (Å²) in [5, 5.41) is 4.96. The summed E-state index contributed by atoms with van der Waals surface area (Å²) in [6, 6.07) is 47.7. The summed E-state index contributed by atoms with van der Waals surface area (Å²) in [5.74, 6) is 0. The van der Waals surface area contributed by atoms with Crippen LogP contribution in [0.3, 0.4) is 0 Å². The zero-order chi connectivity index (χ0) is 27.5. The lowest BCUT2D eigenvalue weighted by Gasteiger charge is -2.12. The van der Waals surface area contributed by atoms with Gasteiger partial charge in [-0.15, -0.1) is 0 Å². The fraction of sp³-hybridized carbons (Fsp3) is 0.0732. The molecule has 0 aromatic heterocycles. The van der Waals surface area contributed by atoms with Gasteiger partial charge in [-0.2, -0.15) is 0 Å². The molecule has 0 aliphatic rings. The van der Waals surface area contributed by atoms with Crippen molar-refractivity contribution in [1.29, 1.82) is 0 Å². The highest BCUT2D eigenvalue weighted by Crippen LogP contribution is 2.32. The molecule has 0 nitrogen and oxygen atoms in total. The normalized spacial score (nSPS) is 11.9. The first kappa shape index (κ1) is 27.6. The van der Waals surface area contributed by atoms with Crippen LogP contribution >= 0.6 is 0 Å². The molecule has 41 heavy (non-hydrogen) atoms. The fourth-order valence-corrected chi connectivity index (χ4v) is 5.46. The molecular weight excluding hydrogens is 492 g/mol. The maximum absolute atomic E-state index is 4.54. The van der Waals surface area contributed by atoms with Gasteiger partial charge in [-0.25, -0.2) is 0 Å². The summed E-state index contributed by atoms with van der Waals surface area (Å²) in [7, 11) is 0. The van der Waals surface area contributed by atoms with Gasteiger partial charge in [-0.1, -0.05) is 159 Å². The van der Waals surface area contributed by atoms with E-state index in [1.807, 2.05) is 0 Å². The molecule has 0 amide bonds. The van der Waals surface area contributed by atoms with Crippen LogP contribution in [0.4, 0.5) is 0 Å². The van der Waals surface area contributed by atoms with Crippen LogP contribution in [0.15, 0.2) is 152 Å². The van der Waals surface area contributed by atoms with Gasteiger partial charge in [0.15, 0.2) is 0 Å². The second-order valence-corrected chi connectivity index (χ2v) is 10.4. The molecule has 0 N–H and O–H groups in total. The topological polar surface area (TPSA) is 0 Å². The summed E-state index contributed by atoms with van der Waals surface area (Å²) in [4.78, 5) is 0. The van der Waals surface area contributed by atoms with Crippen LogP contribution in [-0.4, -0.2) is 0 Å². The molecule has 0 bridgehead atoms. The minimum atomic E-state index is 0. The third-order valence-electron chi connectivity index (χ3n) is 7.65. The van der Waals surface area contributed by atoms with Gasteiger partial charge in [0, 0.05) is 0 Å². The number of rotatable bonds is 6. The minimum absolute atomic E-state index is 0. The van der Waals surface area contributed by atoms with Gasteiger partial charge in [0.25, 0.3) is 0 Å². The summed E-state index contributed by atoms with van der Waals surface area (Å²) >= 11 is 0. The second-order valence-electron chi connectivity index (χ2n) is 10.4. The Morgan fingerprint density at radius 1 is 0.537 bits per heavy atom. The van der Waals surface area contributed by atoms with Crippen LogP contribution in [-0.2, 0) is 0 Å². The molecular formula is C41H36. The van der Waals surface area contributed by atoms with Gasteiger partial charge in [0.1, 0.15) is 0 Å². The van der Waals surface area contributed by atoms with E-state index in [2.05, 4.69) is 166 Å². The van der Waals surface area contributed by atoms with Gasteiger partial charge in [-0.3, -0.25) is 0 Å². The highest BCUT2D eigenvalue weighted by molar-refractivity contribution is 6.01.